The highest BCUT2D eigenvalue weighted by Crippen LogP contribution is 2.42. The van der Waals surface area contributed by atoms with Crippen LogP contribution in [0.15, 0.2) is 23.1 Å². The quantitative estimate of drug-likeness (QED) is 0.650. The Hall–Kier alpha value is -2.93. The first kappa shape index (κ1) is 22.3. The normalized spacial score (nSPS) is 21.9. The van der Waals surface area contributed by atoms with Gasteiger partial charge < -0.3 is 4.90 Å². The molecule has 174 valence electrons. The van der Waals surface area contributed by atoms with Gasteiger partial charge in [0.15, 0.2) is 0 Å². The minimum Gasteiger partial charge on any atom is -0.335 e. The summed E-state index contributed by atoms with van der Waals surface area (Å²) in [4.78, 5) is 29.8. The lowest BCUT2D eigenvalue weighted by atomic mass is 9.88. The van der Waals surface area contributed by atoms with E-state index >= 15 is 0 Å². The zero-order valence-electron chi connectivity index (χ0n) is 16.2. The Kier molecular flexibility index (Phi) is 5.28. The maximum Gasteiger partial charge on any atom is 0.433 e. The van der Waals surface area contributed by atoms with E-state index in [0.717, 1.165) is 21.8 Å². The summed E-state index contributed by atoms with van der Waals surface area (Å²) < 4.78 is 93.5. The molecule has 2 aliphatic rings. The number of hydrogen-bond acceptors (Lipinski definition) is 4. The molecule has 2 aromatic rings. The van der Waals surface area contributed by atoms with Crippen molar-refractivity contribution in [1.29, 1.82) is 0 Å². The number of carbonyl (C=O) groups excluding carboxylic acids is 1. The van der Waals surface area contributed by atoms with Gasteiger partial charge in [-0.05, 0) is 18.1 Å². The zero-order valence-corrected chi connectivity index (χ0v) is 16.2. The van der Waals surface area contributed by atoms with Crippen LogP contribution in [-0.2, 0) is 23.9 Å². The number of pyridine rings is 1. The lowest BCUT2D eigenvalue weighted by molar-refractivity contribution is -0.198. The summed E-state index contributed by atoms with van der Waals surface area (Å²) in [5.41, 5.74) is -1.99. The summed E-state index contributed by atoms with van der Waals surface area (Å²) in [5, 5.41) is 3.99. The van der Waals surface area contributed by atoms with E-state index in [4.69, 9.17) is 0 Å². The van der Waals surface area contributed by atoms with Crippen LogP contribution in [0.4, 0.5) is 30.7 Å². The molecule has 0 aromatic carbocycles. The molecular weight excluding hydrogens is 451 g/mol. The van der Waals surface area contributed by atoms with Gasteiger partial charge in [-0.25, -0.2) is 13.9 Å². The van der Waals surface area contributed by atoms with E-state index in [9.17, 15) is 40.3 Å². The topological polar surface area (TPSA) is 73.0 Å². The number of amides is 1. The second-order valence-electron chi connectivity index (χ2n) is 7.75. The van der Waals surface area contributed by atoms with Gasteiger partial charge in [0, 0.05) is 12.6 Å². The molecule has 2 aliphatic heterocycles. The number of hydrogen-bond donors (Lipinski definition) is 0. The van der Waals surface area contributed by atoms with Crippen molar-refractivity contribution in [2.45, 2.75) is 44.0 Å². The Bertz CT molecular complexity index is 1070. The van der Waals surface area contributed by atoms with Crippen molar-refractivity contribution in [3.8, 4) is 0 Å². The molecule has 2 unspecified atom stereocenters. The minimum atomic E-state index is -4.78. The van der Waals surface area contributed by atoms with Crippen molar-refractivity contribution in [3.05, 3.63) is 45.9 Å². The average molecular weight is 467 g/mol. The molecule has 0 N–H and O–H groups in total. The SMILES string of the molecule is O=C(C1C(C(F)(F)F)CCc2nn(Cc3ccc(C(F)(F)F)nc3)c(=O)n21)N1CC(F)C1. The number of nitrogens with zero attached hydrogens (tertiary/aromatic N) is 5. The van der Waals surface area contributed by atoms with Crippen molar-refractivity contribution in [2.75, 3.05) is 13.1 Å². The van der Waals surface area contributed by atoms with Crippen LogP contribution in [0.3, 0.4) is 0 Å². The molecule has 4 heterocycles. The summed E-state index contributed by atoms with van der Waals surface area (Å²) in [7, 11) is 0. The highest BCUT2D eigenvalue weighted by atomic mass is 19.4. The lowest BCUT2D eigenvalue weighted by Crippen LogP contribution is -2.57. The first-order valence-electron chi connectivity index (χ1n) is 9.56. The maximum absolute atomic E-state index is 13.6. The predicted octanol–water partition coefficient (Wildman–Crippen LogP) is 2.35. The molecule has 0 bridgehead atoms. The Morgan fingerprint density at radius 3 is 2.34 bits per heavy atom. The second kappa shape index (κ2) is 7.59. The third-order valence-electron chi connectivity index (χ3n) is 5.55. The summed E-state index contributed by atoms with van der Waals surface area (Å²) in [6.45, 7) is -1.05. The van der Waals surface area contributed by atoms with Gasteiger partial charge in [-0.3, -0.25) is 14.3 Å². The number of carbonyl (C=O) groups is 1. The predicted molar refractivity (Wildman–Crippen MR) is 93.2 cm³/mol. The molecule has 7 nitrogen and oxygen atoms in total. The molecule has 4 rings (SSSR count). The summed E-state index contributed by atoms with van der Waals surface area (Å²) >= 11 is 0. The number of halogens is 7. The largest absolute Gasteiger partial charge is 0.433 e. The Labute approximate surface area is 175 Å². The minimum absolute atomic E-state index is 0.0500. The summed E-state index contributed by atoms with van der Waals surface area (Å²) in [5.74, 6) is -3.21. The Morgan fingerprint density at radius 2 is 1.81 bits per heavy atom. The van der Waals surface area contributed by atoms with Gasteiger partial charge in [0.05, 0.1) is 25.6 Å². The van der Waals surface area contributed by atoms with Crippen molar-refractivity contribution in [2.24, 2.45) is 5.92 Å². The van der Waals surface area contributed by atoms with E-state index in [-0.39, 0.29) is 37.4 Å². The van der Waals surface area contributed by atoms with Gasteiger partial charge >= 0.3 is 18.0 Å². The number of likely N-dealkylation sites (tertiary alicyclic amines) is 1. The fourth-order valence-electron chi connectivity index (χ4n) is 3.92. The fourth-order valence-corrected chi connectivity index (χ4v) is 3.92. The van der Waals surface area contributed by atoms with E-state index in [1.165, 1.54) is 0 Å². The highest BCUT2D eigenvalue weighted by Gasteiger charge is 2.53. The van der Waals surface area contributed by atoms with Gasteiger partial charge in [0.1, 0.15) is 23.7 Å². The Morgan fingerprint density at radius 1 is 1.12 bits per heavy atom. The molecule has 1 amide bonds. The van der Waals surface area contributed by atoms with Crippen molar-refractivity contribution in [3.63, 3.8) is 0 Å². The van der Waals surface area contributed by atoms with Crippen molar-refractivity contribution >= 4 is 5.91 Å². The van der Waals surface area contributed by atoms with E-state index in [2.05, 4.69) is 10.1 Å². The molecule has 0 spiro atoms. The monoisotopic (exact) mass is 467 g/mol. The van der Waals surface area contributed by atoms with Gasteiger partial charge in [0.25, 0.3) is 0 Å². The van der Waals surface area contributed by atoms with Crippen LogP contribution in [-0.4, -0.2) is 55.6 Å². The smallest absolute Gasteiger partial charge is 0.335 e. The fraction of sp³-hybridized carbons (Fsp3) is 0.556. The van der Waals surface area contributed by atoms with Gasteiger partial charge in [0.2, 0.25) is 5.91 Å². The maximum atomic E-state index is 13.6. The van der Waals surface area contributed by atoms with Crippen LogP contribution in [0.5, 0.6) is 0 Å². The molecule has 0 radical (unpaired) electrons. The highest BCUT2D eigenvalue weighted by molar-refractivity contribution is 5.82. The third-order valence-corrected chi connectivity index (χ3v) is 5.55. The van der Waals surface area contributed by atoms with Crippen molar-refractivity contribution < 1.29 is 35.5 Å². The molecule has 1 saturated heterocycles. The first-order chi connectivity index (χ1) is 14.9. The number of aromatic nitrogens is 4. The lowest BCUT2D eigenvalue weighted by Gasteiger charge is -2.40. The third kappa shape index (κ3) is 3.97. The van der Waals surface area contributed by atoms with E-state index in [1.807, 2.05) is 0 Å². The van der Waals surface area contributed by atoms with Gasteiger partial charge in [-0.2, -0.15) is 31.4 Å². The molecule has 0 saturated carbocycles. The molecule has 2 aromatic heterocycles. The number of aryl methyl sites for hydroxylation is 1. The standard InChI is InChI=1S/C18H16F7N5O2/c19-10-7-28(8-10)15(31)14-11(17(20,21)22)2-4-13-27-29(16(32)30(13)14)6-9-1-3-12(26-5-9)18(23,24)25/h1,3,5,10-11,14H,2,4,6-8H2. The molecule has 1 fully saturated rings. The average Bonchev–Trinajstić information content (AvgIpc) is 2.99. The van der Waals surface area contributed by atoms with Crippen LogP contribution < -0.4 is 5.69 Å². The van der Waals surface area contributed by atoms with Gasteiger partial charge in [-0.15, -0.1) is 0 Å². The molecule has 14 heteroatoms. The molecule has 2 atom stereocenters. The summed E-state index contributed by atoms with van der Waals surface area (Å²) in [6.07, 6.45) is -10.6. The van der Waals surface area contributed by atoms with Crippen LogP contribution in [0.25, 0.3) is 0 Å². The number of rotatable bonds is 3. The van der Waals surface area contributed by atoms with Crippen LogP contribution in [0, 0.1) is 5.92 Å². The van der Waals surface area contributed by atoms with E-state index < -0.39 is 54.2 Å². The Balaban J connectivity index is 1.67. The van der Waals surface area contributed by atoms with Crippen molar-refractivity contribution in [1.82, 2.24) is 24.2 Å². The number of fused-ring (bicyclic) bond motifs is 1. The second-order valence-corrected chi connectivity index (χ2v) is 7.75. The molecule has 32 heavy (non-hydrogen) atoms. The van der Waals surface area contributed by atoms with Crippen LogP contribution in [0.1, 0.15) is 29.5 Å². The van der Waals surface area contributed by atoms with Gasteiger partial charge in [-0.1, -0.05) is 6.07 Å². The van der Waals surface area contributed by atoms with E-state index in [1.54, 1.807) is 0 Å². The number of alkyl halides is 7. The summed E-state index contributed by atoms with van der Waals surface area (Å²) in [6, 6.07) is -0.138. The first-order valence-corrected chi connectivity index (χ1v) is 9.56. The van der Waals surface area contributed by atoms with E-state index in [0.29, 0.717) is 10.6 Å². The van der Waals surface area contributed by atoms with Crippen LogP contribution >= 0.6 is 0 Å². The molecular formula is C18H16F7N5O2. The molecule has 0 aliphatic carbocycles. The van der Waals surface area contributed by atoms with Crippen LogP contribution in [0.2, 0.25) is 0 Å². The zero-order chi connectivity index (χ0) is 23.4.